The van der Waals surface area contributed by atoms with Crippen molar-refractivity contribution in [2.24, 2.45) is 5.92 Å². The Morgan fingerprint density at radius 3 is 2.75 bits per heavy atom. The van der Waals surface area contributed by atoms with E-state index >= 15 is 0 Å². The standard InChI is InChI=1S/C15H20N2O3/c1-9(2)13(15(19)20)17-14(18)11-5-6-12-10(8-11)4-3-7-16-12/h5-6,8-9,13,16H,3-4,7H2,1-2H3,(H,17,18)(H,19,20). The van der Waals surface area contributed by atoms with Crippen molar-refractivity contribution < 1.29 is 14.7 Å². The molecule has 0 aromatic heterocycles. The van der Waals surface area contributed by atoms with Gasteiger partial charge in [-0.15, -0.1) is 0 Å². The molecule has 0 fully saturated rings. The van der Waals surface area contributed by atoms with Gasteiger partial charge in [-0.3, -0.25) is 4.79 Å². The quantitative estimate of drug-likeness (QED) is 0.784. The molecule has 20 heavy (non-hydrogen) atoms. The van der Waals surface area contributed by atoms with Gasteiger partial charge in [0.2, 0.25) is 0 Å². The van der Waals surface area contributed by atoms with Gasteiger partial charge in [0, 0.05) is 17.8 Å². The van der Waals surface area contributed by atoms with Gasteiger partial charge in [-0.2, -0.15) is 0 Å². The topological polar surface area (TPSA) is 78.4 Å². The summed E-state index contributed by atoms with van der Waals surface area (Å²) in [5, 5.41) is 15.0. The van der Waals surface area contributed by atoms with Crippen LogP contribution >= 0.6 is 0 Å². The van der Waals surface area contributed by atoms with Crippen LogP contribution in [0, 0.1) is 5.92 Å². The van der Waals surface area contributed by atoms with Gasteiger partial charge < -0.3 is 15.7 Å². The molecule has 0 spiro atoms. The van der Waals surface area contributed by atoms with Crippen LogP contribution in [0.5, 0.6) is 0 Å². The Hall–Kier alpha value is -2.04. The van der Waals surface area contributed by atoms with Gasteiger partial charge in [0.1, 0.15) is 6.04 Å². The summed E-state index contributed by atoms with van der Waals surface area (Å²) in [6.07, 6.45) is 1.98. The smallest absolute Gasteiger partial charge is 0.326 e. The number of aliphatic carboxylic acids is 1. The molecule has 0 radical (unpaired) electrons. The molecule has 0 aliphatic carbocycles. The molecule has 5 nitrogen and oxygen atoms in total. The Bertz CT molecular complexity index is 526. The Labute approximate surface area is 118 Å². The Kier molecular flexibility index (Phi) is 4.27. The van der Waals surface area contributed by atoms with Crippen LogP contribution in [-0.2, 0) is 11.2 Å². The molecular formula is C15H20N2O3. The average Bonchev–Trinajstić information content (AvgIpc) is 2.43. The van der Waals surface area contributed by atoms with Crippen molar-refractivity contribution in [2.75, 3.05) is 11.9 Å². The van der Waals surface area contributed by atoms with E-state index in [-0.39, 0.29) is 11.8 Å². The molecule has 1 aromatic carbocycles. The number of carbonyl (C=O) groups is 2. The number of hydrogen-bond acceptors (Lipinski definition) is 3. The van der Waals surface area contributed by atoms with Crippen molar-refractivity contribution in [3.63, 3.8) is 0 Å². The van der Waals surface area contributed by atoms with E-state index in [0.29, 0.717) is 5.56 Å². The highest BCUT2D eigenvalue weighted by molar-refractivity contribution is 5.97. The van der Waals surface area contributed by atoms with E-state index in [1.165, 1.54) is 0 Å². The number of anilines is 1. The third kappa shape index (κ3) is 3.10. The predicted molar refractivity (Wildman–Crippen MR) is 77.0 cm³/mol. The SMILES string of the molecule is CC(C)C(NC(=O)c1ccc2c(c1)CCCN2)C(=O)O. The first-order valence-corrected chi connectivity index (χ1v) is 6.89. The van der Waals surface area contributed by atoms with Crippen LogP contribution in [-0.4, -0.2) is 29.6 Å². The van der Waals surface area contributed by atoms with Crippen LogP contribution in [0.3, 0.4) is 0 Å². The number of rotatable bonds is 4. The average molecular weight is 276 g/mol. The van der Waals surface area contributed by atoms with Gasteiger partial charge in [0.15, 0.2) is 0 Å². The zero-order valence-electron chi connectivity index (χ0n) is 11.8. The fourth-order valence-electron chi connectivity index (χ4n) is 2.35. The molecule has 5 heteroatoms. The molecule has 2 rings (SSSR count). The van der Waals surface area contributed by atoms with Crippen molar-refractivity contribution in [2.45, 2.75) is 32.7 Å². The summed E-state index contributed by atoms with van der Waals surface area (Å²) < 4.78 is 0. The van der Waals surface area contributed by atoms with Crippen LogP contribution < -0.4 is 10.6 Å². The lowest BCUT2D eigenvalue weighted by Crippen LogP contribution is -2.44. The van der Waals surface area contributed by atoms with E-state index < -0.39 is 12.0 Å². The summed E-state index contributed by atoms with van der Waals surface area (Å²) >= 11 is 0. The number of aryl methyl sites for hydroxylation is 1. The monoisotopic (exact) mass is 276 g/mol. The van der Waals surface area contributed by atoms with Crippen LogP contribution in [0.25, 0.3) is 0 Å². The summed E-state index contributed by atoms with van der Waals surface area (Å²) in [4.78, 5) is 23.3. The summed E-state index contributed by atoms with van der Waals surface area (Å²) in [6.45, 7) is 4.50. The lowest BCUT2D eigenvalue weighted by molar-refractivity contribution is -0.140. The first kappa shape index (κ1) is 14.4. The van der Waals surface area contributed by atoms with E-state index in [2.05, 4.69) is 10.6 Å². The second-order valence-electron chi connectivity index (χ2n) is 5.44. The van der Waals surface area contributed by atoms with E-state index in [1.54, 1.807) is 19.9 Å². The molecule has 1 aliphatic rings. The predicted octanol–water partition coefficient (Wildman–Crippen LogP) is 1.88. The maximum Gasteiger partial charge on any atom is 0.326 e. The van der Waals surface area contributed by atoms with Crippen LogP contribution in [0.4, 0.5) is 5.69 Å². The van der Waals surface area contributed by atoms with Gasteiger partial charge in [-0.05, 0) is 42.5 Å². The van der Waals surface area contributed by atoms with Crippen LogP contribution in [0.1, 0.15) is 36.2 Å². The third-order valence-electron chi connectivity index (χ3n) is 3.53. The molecule has 1 heterocycles. The summed E-state index contributed by atoms with van der Waals surface area (Å²) in [5.41, 5.74) is 2.69. The lowest BCUT2D eigenvalue weighted by atomic mass is 9.99. The second-order valence-corrected chi connectivity index (χ2v) is 5.44. The highest BCUT2D eigenvalue weighted by Gasteiger charge is 2.24. The summed E-state index contributed by atoms with van der Waals surface area (Å²) in [7, 11) is 0. The van der Waals surface area contributed by atoms with E-state index in [4.69, 9.17) is 5.11 Å². The van der Waals surface area contributed by atoms with Gasteiger partial charge in [-0.1, -0.05) is 13.8 Å². The van der Waals surface area contributed by atoms with Gasteiger partial charge in [0.25, 0.3) is 5.91 Å². The van der Waals surface area contributed by atoms with Gasteiger partial charge >= 0.3 is 5.97 Å². The largest absolute Gasteiger partial charge is 0.480 e. The molecule has 108 valence electrons. The minimum atomic E-state index is -1.01. The van der Waals surface area contributed by atoms with E-state index in [9.17, 15) is 9.59 Å². The first-order valence-electron chi connectivity index (χ1n) is 6.89. The molecule has 0 bridgehead atoms. The van der Waals surface area contributed by atoms with Crippen LogP contribution in [0.15, 0.2) is 18.2 Å². The van der Waals surface area contributed by atoms with Crippen molar-refractivity contribution in [3.8, 4) is 0 Å². The molecule has 3 N–H and O–H groups in total. The highest BCUT2D eigenvalue weighted by atomic mass is 16.4. The summed E-state index contributed by atoms with van der Waals surface area (Å²) in [6, 6.07) is 4.59. The molecule has 1 amide bonds. The van der Waals surface area contributed by atoms with E-state index in [1.807, 2.05) is 12.1 Å². The maximum absolute atomic E-state index is 12.2. The summed E-state index contributed by atoms with van der Waals surface area (Å²) in [5.74, 6) is -1.50. The van der Waals surface area contributed by atoms with Gasteiger partial charge in [-0.25, -0.2) is 4.79 Å². The number of carboxylic acid groups (broad SMARTS) is 1. The molecule has 1 atom stereocenters. The number of hydrogen-bond donors (Lipinski definition) is 3. The molecular weight excluding hydrogens is 256 g/mol. The highest BCUT2D eigenvalue weighted by Crippen LogP contribution is 2.23. The number of nitrogens with one attached hydrogen (secondary N) is 2. The number of fused-ring (bicyclic) bond motifs is 1. The Morgan fingerprint density at radius 2 is 2.10 bits per heavy atom. The number of carbonyl (C=O) groups excluding carboxylic acids is 1. The number of benzene rings is 1. The zero-order valence-corrected chi connectivity index (χ0v) is 11.8. The van der Waals surface area contributed by atoms with Gasteiger partial charge in [0.05, 0.1) is 0 Å². The number of amides is 1. The minimum absolute atomic E-state index is 0.157. The van der Waals surface area contributed by atoms with Crippen molar-refractivity contribution in [1.29, 1.82) is 0 Å². The minimum Gasteiger partial charge on any atom is -0.480 e. The van der Waals surface area contributed by atoms with E-state index in [0.717, 1.165) is 30.6 Å². The normalized spacial score (nSPS) is 15.2. The van der Waals surface area contributed by atoms with Crippen molar-refractivity contribution in [3.05, 3.63) is 29.3 Å². The second kappa shape index (κ2) is 5.94. The number of carboxylic acids is 1. The lowest BCUT2D eigenvalue weighted by Gasteiger charge is -2.20. The molecule has 1 unspecified atom stereocenters. The zero-order chi connectivity index (χ0) is 14.7. The first-order chi connectivity index (χ1) is 9.49. The Morgan fingerprint density at radius 1 is 1.35 bits per heavy atom. The fourth-order valence-corrected chi connectivity index (χ4v) is 2.35. The van der Waals surface area contributed by atoms with Crippen molar-refractivity contribution in [1.82, 2.24) is 5.32 Å². The maximum atomic E-state index is 12.2. The van der Waals surface area contributed by atoms with Crippen LogP contribution in [0.2, 0.25) is 0 Å². The molecule has 0 saturated carbocycles. The fraction of sp³-hybridized carbons (Fsp3) is 0.467. The third-order valence-corrected chi connectivity index (χ3v) is 3.53. The molecule has 0 saturated heterocycles. The molecule has 1 aromatic rings. The molecule has 1 aliphatic heterocycles. The van der Waals surface area contributed by atoms with Crippen molar-refractivity contribution >= 4 is 17.6 Å². The Balaban J connectivity index is 2.15.